The summed E-state index contributed by atoms with van der Waals surface area (Å²) in [6, 6.07) is 1.60. The van der Waals surface area contributed by atoms with E-state index in [1.807, 2.05) is 0 Å². The molecule has 17 heavy (non-hydrogen) atoms. The molecule has 7 nitrogen and oxygen atoms in total. The molecule has 0 aliphatic carbocycles. The zero-order chi connectivity index (χ0) is 12.4. The van der Waals surface area contributed by atoms with Crippen LogP contribution in [0.4, 0.5) is 0 Å². The Bertz CT molecular complexity index is 539. The van der Waals surface area contributed by atoms with Crippen LogP contribution in [-0.4, -0.2) is 42.6 Å². The zero-order valence-corrected chi connectivity index (χ0v) is 8.74. The lowest BCUT2D eigenvalue weighted by Crippen LogP contribution is -2.21. The third kappa shape index (κ3) is 2.40. The number of hydrogen-bond donors (Lipinski definition) is 4. The monoisotopic (exact) mass is 237 g/mol. The third-order valence-corrected chi connectivity index (χ3v) is 2.40. The van der Waals surface area contributed by atoms with Crippen LogP contribution in [0.15, 0.2) is 18.5 Å². The van der Waals surface area contributed by atoms with E-state index in [2.05, 4.69) is 15.2 Å². The summed E-state index contributed by atoms with van der Waals surface area (Å²) < 4.78 is 0. The molecular weight excluding hydrogens is 226 g/mol. The van der Waals surface area contributed by atoms with Gasteiger partial charge in [-0.05, 0) is 6.07 Å². The van der Waals surface area contributed by atoms with Gasteiger partial charge in [-0.15, -0.1) is 0 Å². The lowest BCUT2D eigenvalue weighted by Gasteiger charge is -2.15. The van der Waals surface area contributed by atoms with Crippen molar-refractivity contribution in [2.75, 3.05) is 0 Å². The van der Waals surface area contributed by atoms with E-state index in [1.165, 1.54) is 12.4 Å². The highest BCUT2D eigenvalue weighted by Crippen LogP contribution is 2.21. The average molecular weight is 237 g/mol. The molecule has 0 aromatic carbocycles. The van der Waals surface area contributed by atoms with Gasteiger partial charge in [0.15, 0.2) is 5.65 Å². The second-order valence-corrected chi connectivity index (χ2v) is 3.69. The summed E-state index contributed by atoms with van der Waals surface area (Å²) >= 11 is 0. The number of pyridine rings is 1. The van der Waals surface area contributed by atoms with Crippen LogP contribution in [0.3, 0.4) is 0 Å². The van der Waals surface area contributed by atoms with Crippen molar-refractivity contribution in [3.05, 3.63) is 24.0 Å². The van der Waals surface area contributed by atoms with Crippen molar-refractivity contribution in [1.29, 1.82) is 0 Å². The maximum absolute atomic E-state index is 10.4. The average Bonchev–Trinajstić information content (AvgIpc) is 2.73. The van der Waals surface area contributed by atoms with Crippen LogP contribution >= 0.6 is 0 Å². The van der Waals surface area contributed by atoms with Crippen molar-refractivity contribution in [1.82, 2.24) is 15.2 Å². The number of H-pyrrole nitrogens is 1. The predicted octanol–water partition coefficient (Wildman–Crippen LogP) is -0.173. The minimum atomic E-state index is -1.36. The van der Waals surface area contributed by atoms with E-state index in [-0.39, 0.29) is 0 Å². The van der Waals surface area contributed by atoms with Crippen molar-refractivity contribution in [3.63, 3.8) is 0 Å². The molecule has 2 aromatic heterocycles. The molecule has 0 bridgehead atoms. The van der Waals surface area contributed by atoms with Crippen LogP contribution in [0.2, 0.25) is 0 Å². The number of aliphatic hydroxyl groups excluding tert-OH is 2. The summed E-state index contributed by atoms with van der Waals surface area (Å²) in [5.74, 6) is -1.17. The first-order chi connectivity index (χ1) is 8.08. The molecule has 0 spiro atoms. The Balaban J connectivity index is 2.23. The molecule has 0 saturated carbocycles. The number of aromatic nitrogens is 3. The number of aliphatic hydroxyl groups is 2. The molecule has 0 aliphatic rings. The number of fused-ring (bicyclic) bond motifs is 1. The van der Waals surface area contributed by atoms with E-state index in [1.54, 1.807) is 6.07 Å². The molecule has 0 aliphatic heterocycles. The van der Waals surface area contributed by atoms with Gasteiger partial charge in [0, 0.05) is 17.1 Å². The van der Waals surface area contributed by atoms with E-state index in [4.69, 9.17) is 5.11 Å². The number of aliphatic carboxylic acids is 1. The van der Waals surface area contributed by atoms with Crippen molar-refractivity contribution in [3.8, 4) is 0 Å². The fraction of sp³-hybridized carbons (Fsp3) is 0.300. The summed E-state index contributed by atoms with van der Waals surface area (Å²) in [6.07, 6.45) is -0.264. The Labute approximate surface area is 95.7 Å². The third-order valence-electron chi connectivity index (χ3n) is 2.40. The number of carbonyl (C=O) groups is 1. The first-order valence-electron chi connectivity index (χ1n) is 4.95. The molecule has 0 fully saturated rings. The Morgan fingerprint density at radius 3 is 2.88 bits per heavy atom. The highest BCUT2D eigenvalue weighted by atomic mass is 16.4. The van der Waals surface area contributed by atoms with Crippen molar-refractivity contribution < 1.29 is 20.1 Å². The van der Waals surface area contributed by atoms with Gasteiger partial charge < -0.3 is 15.3 Å². The highest BCUT2D eigenvalue weighted by Gasteiger charge is 2.21. The van der Waals surface area contributed by atoms with Gasteiger partial charge in [0.2, 0.25) is 0 Å². The zero-order valence-electron chi connectivity index (χ0n) is 8.74. The molecule has 4 N–H and O–H groups in total. The molecule has 7 heteroatoms. The number of rotatable bonds is 4. The Hall–Kier alpha value is -1.99. The van der Waals surface area contributed by atoms with E-state index in [9.17, 15) is 15.0 Å². The van der Waals surface area contributed by atoms with Gasteiger partial charge in [0.05, 0.1) is 18.7 Å². The topological polar surface area (TPSA) is 119 Å². The number of nitrogens with one attached hydrogen (secondary N) is 1. The summed E-state index contributed by atoms with van der Waals surface area (Å²) in [6.45, 7) is 0. The Morgan fingerprint density at radius 1 is 1.41 bits per heavy atom. The highest BCUT2D eigenvalue weighted by molar-refractivity contribution is 5.74. The number of carboxylic acid groups (broad SMARTS) is 1. The summed E-state index contributed by atoms with van der Waals surface area (Å²) in [7, 11) is 0. The van der Waals surface area contributed by atoms with Gasteiger partial charge >= 0.3 is 5.97 Å². The molecular formula is C10H11N3O4. The molecule has 2 atom stereocenters. The molecule has 90 valence electrons. The van der Waals surface area contributed by atoms with Crippen molar-refractivity contribution in [2.45, 2.75) is 18.6 Å². The first-order valence-corrected chi connectivity index (χ1v) is 4.95. The van der Waals surface area contributed by atoms with Gasteiger partial charge in [-0.2, -0.15) is 5.10 Å². The van der Waals surface area contributed by atoms with E-state index < -0.39 is 24.6 Å². The van der Waals surface area contributed by atoms with Crippen LogP contribution in [0, 0.1) is 0 Å². The second kappa shape index (κ2) is 4.48. The van der Waals surface area contributed by atoms with Gasteiger partial charge in [-0.25, -0.2) is 4.98 Å². The van der Waals surface area contributed by atoms with Gasteiger partial charge in [0.25, 0.3) is 0 Å². The fourth-order valence-electron chi connectivity index (χ4n) is 1.53. The molecule has 0 saturated heterocycles. The quantitative estimate of drug-likeness (QED) is 0.586. The largest absolute Gasteiger partial charge is 0.481 e. The summed E-state index contributed by atoms with van der Waals surface area (Å²) in [5.41, 5.74) is 0.918. The molecule has 0 amide bonds. The van der Waals surface area contributed by atoms with Crippen LogP contribution in [0.5, 0.6) is 0 Å². The molecule has 2 unspecified atom stereocenters. The number of nitrogens with zero attached hydrogens (tertiary/aromatic N) is 2. The maximum atomic E-state index is 10.4. The SMILES string of the molecule is O=C(O)CC(O)C(O)c1cnc2[nH]ncc2c1. The lowest BCUT2D eigenvalue weighted by atomic mass is 10.0. The standard InChI is InChI=1S/C10H11N3O4/c14-7(2-8(15)16)9(17)5-1-6-4-12-13-10(6)11-3-5/h1,3-4,7,9,14,17H,2H2,(H,15,16)(H,11,12,13). The van der Waals surface area contributed by atoms with E-state index in [0.717, 1.165) is 0 Å². The number of hydrogen-bond acceptors (Lipinski definition) is 5. The molecule has 2 aromatic rings. The first kappa shape index (κ1) is 11.5. The fourth-order valence-corrected chi connectivity index (χ4v) is 1.53. The Kier molecular flexibility index (Phi) is 3.03. The van der Waals surface area contributed by atoms with E-state index >= 15 is 0 Å². The summed E-state index contributed by atoms with van der Waals surface area (Å²) in [5, 5.41) is 34.9. The number of carboxylic acids is 1. The number of aromatic amines is 1. The smallest absolute Gasteiger partial charge is 0.306 e. The molecule has 2 rings (SSSR count). The summed E-state index contributed by atoms with van der Waals surface area (Å²) in [4.78, 5) is 14.4. The van der Waals surface area contributed by atoms with Gasteiger partial charge in [-0.1, -0.05) is 0 Å². The van der Waals surface area contributed by atoms with Gasteiger partial charge in [0.1, 0.15) is 6.10 Å². The normalized spacial score (nSPS) is 14.7. The van der Waals surface area contributed by atoms with Crippen LogP contribution < -0.4 is 0 Å². The minimum Gasteiger partial charge on any atom is -0.481 e. The molecule has 0 radical (unpaired) electrons. The Morgan fingerprint density at radius 2 is 2.18 bits per heavy atom. The molecule has 2 heterocycles. The minimum absolute atomic E-state index is 0.354. The van der Waals surface area contributed by atoms with Crippen LogP contribution in [0.25, 0.3) is 11.0 Å². The van der Waals surface area contributed by atoms with Crippen LogP contribution in [0.1, 0.15) is 18.1 Å². The van der Waals surface area contributed by atoms with Gasteiger partial charge in [-0.3, -0.25) is 9.89 Å². The lowest BCUT2D eigenvalue weighted by molar-refractivity contribution is -0.141. The van der Waals surface area contributed by atoms with Crippen molar-refractivity contribution in [2.24, 2.45) is 0 Å². The predicted molar refractivity (Wildman–Crippen MR) is 57.1 cm³/mol. The van der Waals surface area contributed by atoms with E-state index in [0.29, 0.717) is 16.6 Å². The maximum Gasteiger partial charge on any atom is 0.306 e. The van der Waals surface area contributed by atoms with Crippen LogP contribution in [-0.2, 0) is 4.79 Å². The second-order valence-electron chi connectivity index (χ2n) is 3.69. The van der Waals surface area contributed by atoms with Crippen molar-refractivity contribution >= 4 is 17.0 Å².